The van der Waals surface area contributed by atoms with Gasteiger partial charge in [0, 0.05) is 29.2 Å². The number of hydrogen-bond acceptors (Lipinski definition) is 5. The third kappa shape index (κ3) is 4.36. The molecular formula is C32H31N3OS2. The molecule has 0 N–H and O–H groups in total. The molecule has 6 rings (SSSR count). The Morgan fingerprint density at radius 2 is 1.74 bits per heavy atom. The van der Waals surface area contributed by atoms with Crippen LogP contribution in [-0.4, -0.2) is 23.9 Å². The van der Waals surface area contributed by atoms with E-state index in [-0.39, 0.29) is 11.6 Å². The fourth-order valence-corrected chi connectivity index (χ4v) is 7.04. The smallest absolute Gasteiger partial charge is 0.271 e. The fraction of sp³-hybridized carbons (Fsp3) is 0.250. The Labute approximate surface area is 231 Å². The van der Waals surface area contributed by atoms with Gasteiger partial charge in [-0.15, -0.1) is 11.8 Å². The van der Waals surface area contributed by atoms with Crippen molar-refractivity contribution in [3.8, 4) is 0 Å². The van der Waals surface area contributed by atoms with Gasteiger partial charge in [0.25, 0.3) is 5.56 Å². The highest BCUT2D eigenvalue weighted by Gasteiger charge is 2.32. The van der Waals surface area contributed by atoms with Crippen LogP contribution in [0.5, 0.6) is 0 Å². The summed E-state index contributed by atoms with van der Waals surface area (Å²) in [7, 11) is 0. The maximum atomic E-state index is 14.0. The van der Waals surface area contributed by atoms with Crippen LogP contribution >= 0.6 is 23.1 Å². The SMILES string of the molecule is CCN(CC)c1ccc(C=c2sc3n(c2=O)C(c2ccc(SC)cc2)C2=C(N=3)c3ccccc3CC2)cc1. The second-order valence-corrected chi connectivity index (χ2v) is 11.5. The van der Waals surface area contributed by atoms with Crippen LogP contribution in [0.3, 0.4) is 0 Å². The molecule has 4 nitrogen and oxygen atoms in total. The van der Waals surface area contributed by atoms with Gasteiger partial charge in [-0.2, -0.15) is 0 Å². The van der Waals surface area contributed by atoms with Crippen LogP contribution in [0.1, 0.15) is 48.6 Å². The number of rotatable bonds is 6. The molecule has 1 aromatic heterocycles. The number of hydrogen-bond donors (Lipinski definition) is 0. The van der Waals surface area contributed by atoms with Gasteiger partial charge in [0.15, 0.2) is 4.80 Å². The maximum Gasteiger partial charge on any atom is 0.271 e. The molecule has 0 fully saturated rings. The molecule has 3 aromatic carbocycles. The van der Waals surface area contributed by atoms with Gasteiger partial charge < -0.3 is 4.90 Å². The van der Waals surface area contributed by atoms with Gasteiger partial charge in [-0.3, -0.25) is 9.36 Å². The van der Waals surface area contributed by atoms with E-state index in [0.29, 0.717) is 0 Å². The number of benzene rings is 3. The lowest BCUT2D eigenvalue weighted by Gasteiger charge is -2.30. The van der Waals surface area contributed by atoms with E-state index in [1.54, 1.807) is 11.8 Å². The number of allylic oxidation sites excluding steroid dienone is 1. The Kier molecular flexibility index (Phi) is 6.85. The molecule has 2 heterocycles. The van der Waals surface area contributed by atoms with E-state index in [1.165, 1.54) is 38.6 Å². The van der Waals surface area contributed by atoms with Crippen LogP contribution in [0.25, 0.3) is 11.8 Å². The lowest BCUT2D eigenvalue weighted by molar-refractivity contribution is 0.585. The van der Waals surface area contributed by atoms with Crippen molar-refractivity contribution in [3.05, 3.63) is 120 Å². The van der Waals surface area contributed by atoms with E-state index < -0.39 is 0 Å². The quantitative estimate of drug-likeness (QED) is 0.288. The van der Waals surface area contributed by atoms with Crippen LogP contribution in [0.4, 0.5) is 5.69 Å². The molecule has 1 aliphatic carbocycles. The standard InChI is InChI=1S/C32H31N3OS2/c1-4-34(5-2)24-15-10-21(11-16-24)20-28-31(36)35-30(23-12-17-25(37-3)18-13-23)27-19-14-22-8-6-7-9-26(22)29(27)33-32(35)38-28/h6-13,15-18,20,30H,4-5,14,19H2,1-3H3. The Bertz CT molecular complexity index is 1690. The van der Waals surface area contributed by atoms with Gasteiger partial charge in [-0.25, -0.2) is 4.99 Å². The molecule has 1 atom stereocenters. The van der Waals surface area contributed by atoms with Gasteiger partial charge in [0.05, 0.1) is 16.3 Å². The average molecular weight is 538 g/mol. The van der Waals surface area contributed by atoms with Crippen molar-refractivity contribution in [3.63, 3.8) is 0 Å². The minimum Gasteiger partial charge on any atom is -0.372 e. The summed E-state index contributed by atoms with van der Waals surface area (Å²) in [6, 6.07) is 25.6. The monoisotopic (exact) mass is 537 g/mol. The summed E-state index contributed by atoms with van der Waals surface area (Å²) in [6.07, 6.45) is 5.97. The van der Waals surface area contributed by atoms with Gasteiger partial charge in [0.2, 0.25) is 0 Å². The highest BCUT2D eigenvalue weighted by Crippen LogP contribution is 2.41. The molecule has 2 aliphatic rings. The molecule has 4 aromatic rings. The molecule has 0 saturated carbocycles. The molecule has 0 amide bonds. The highest BCUT2D eigenvalue weighted by molar-refractivity contribution is 7.98. The van der Waals surface area contributed by atoms with Gasteiger partial charge in [-0.05, 0) is 85.5 Å². The largest absolute Gasteiger partial charge is 0.372 e. The number of thiazole rings is 1. The van der Waals surface area contributed by atoms with E-state index >= 15 is 0 Å². The van der Waals surface area contributed by atoms with Crippen molar-refractivity contribution in [1.29, 1.82) is 0 Å². The number of anilines is 1. The zero-order valence-electron chi connectivity index (χ0n) is 22.0. The number of thioether (sulfide) groups is 1. The Balaban J connectivity index is 1.51. The molecule has 38 heavy (non-hydrogen) atoms. The molecule has 1 unspecified atom stereocenters. The second kappa shape index (κ2) is 10.4. The predicted molar refractivity (Wildman–Crippen MR) is 161 cm³/mol. The van der Waals surface area contributed by atoms with E-state index in [2.05, 4.69) is 97.8 Å². The van der Waals surface area contributed by atoms with Crippen molar-refractivity contribution >= 4 is 40.6 Å². The molecule has 0 radical (unpaired) electrons. The van der Waals surface area contributed by atoms with Crippen LogP contribution in [-0.2, 0) is 6.42 Å². The second-order valence-electron chi connectivity index (χ2n) is 9.65. The number of fused-ring (bicyclic) bond motifs is 3. The molecule has 0 spiro atoms. The Morgan fingerprint density at radius 1 is 1.00 bits per heavy atom. The van der Waals surface area contributed by atoms with Crippen molar-refractivity contribution in [2.24, 2.45) is 4.99 Å². The van der Waals surface area contributed by atoms with Crippen molar-refractivity contribution < 1.29 is 0 Å². The summed E-state index contributed by atoms with van der Waals surface area (Å²) in [5.74, 6) is 0. The van der Waals surface area contributed by atoms with Gasteiger partial charge >= 0.3 is 0 Å². The Hall–Kier alpha value is -3.35. The summed E-state index contributed by atoms with van der Waals surface area (Å²) in [4.78, 5) is 23.4. The van der Waals surface area contributed by atoms with E-state index in [9.17, 15) is 4.79 Å². The van der Waals surface area contributed by atoms with Crippen LogP contribution in [0.2, 0.25) is 0 Å². The maximum absolute atomic E-state index is 14.0. The summed E-state index contributed by atoms with van der Waals surface area (Å²) in [5.41, 5.74) is 8.22. The minimum atomic E-state index is -0.141. The first kappa shape index (κ1) is 25.0. The predicted octanol–water partition coefficient (Wildman–Crippen LogP) is 5.89. The first-order valence-corrected chi connectivity index (χ1v) is 15.3. The summed E-state index contributed by atoms with van der Waals surface area (Å²) >= 11 is 3.22. The summed E-state index contributed by atoms with van der Waals surface area (Å²) in [6.45, 7) is 6.28. The lowest BCUT2D eigenvalue weighted by Crippen LogP contribution is -2.38. The van der Waals surface area contributed by atoms with E-state index in [4.69, 9.17) is 4.99 Å². The Morgan fingerprint density at radius 3 is 2.45 bits per heavy atom. The third-order valence-corrected chi connectivity index (χ3v) is 9.35. The minimum absolute atomic E-state index is 0.0333. The topological polar surface area (TPSA) is 37.6 Å². The van der Waals surface area contributed by atoms with Crippen LogP contribution < -0.4 is 19.8 Å². The van der Waals surface area contributed by atoms with Crippen molar-refractivity contribution in [1.82, 2.24) is 4.57 Å². The molecular weight excluding hydrogens is 507 g/mol. The molecule has 0 bridgehead atoms. The zero-order valence-corrected chi connectivity index (χ0v) is 23.6. The third-order valence-electron chi connectivity index (χ3n) is 7.62. The molecule has 192 valence electrons. The summed E-state index contributed by atoms with van der Waals surface area (Å²) < 4.78 is 2.65. The molecule has 1 aliphatic heterocycles. The first-order valence-electron chi connectivity index (χ1n) is 13.2. The van der Waals surface area contributed by atoms with E-state index in [1.807, 2.05) is 10.6 Å². The van der Waals surface area contributed by atoms with Crippen LogP contribution in [0, 0.1) is 0 Å². The number of nitrogens with zero attached hydrogens (tertiary/aromatic N) is 3. The first-order chi connectivity index (χ1) is 18.6. The average Bonchev–Trinajstić information content (AvgIpc) is 3.27. The fourth-order valence-electron chi connectivity index (χ4n) is 5.63. The lowest BCUT2D eigenvalue weighted by atomic mass is 9.83. The van der Waals surface area contributed by atoms with Crippen molar-refractivity contribution in [2.45, 2.75) is 37.6 Å². The van der Waals surface area contributed by atoms with Gasteiger partial charge in [-0.1, -0.05) is 59.9 Å². The van der Waals surface area contributed by atoms with Crippen LogP contribution in [0.15, 0.2) is 93.1 Å². The zero-order chi connectivity index (χ0) is 26.2. The molecule has 0 saturated heterocycles. The van der Waals surface area contributed by atoms with Crippen molar-refractivity contribution in [2.75, 3.05) is 24.2 Å². The normalized spacial score (nSPS) is 16.5. The number of aromatic nitrogens is 1. The van der Waals surface area contributed by atoms with E-state index in [0.717, 1.165) is 52.1 Å². The molecule has 6 heteroatoms. The number of aryl methyl sites for hydroxylation is 1. The summed E-state index contributed by atoms with van der Waals surface area (Å²) in [5, 5.41) is 0. The van der Waals surface area contributed by atoms with Gasteiger partial charge in [0.1, 0.15) is 0 Å². The highest BCUT2D eigenvalue weighted by atomic mass is 32.2.